The van der Waals surface area contributed by atoms with Crippen LogP contribution >= 0.6 is 11.3 Å². The second-order valence-corrected chi connectivity index (χ2v) is 6.27. The number of hydrogen-bond donors (Lipinski definition) is 1. The lowest BCUT2D eigenvalue weighted by atomic mass is 10.1. The van der Waals surface area contributed by atoms with Crippen LogP contribution in [0.5, 0.6) is 0 Å². The van der Waals surface area contributed by atoms with Gasteiger partial charge < -0.3 is 4.90 Å². The largest absolute Gasteiger partial charge is 0.328 e. The Morgan fingerprint density at radius 3 is 3.20 bits per heavy atom. The number of nitrogens with zero attached hydrogens (tertiary/aromatic N) is 2. The molecule has 0 radical (unpaired) electrons. The van der Waals surface area contributed by atoms with Crippen LogP contribution in [0.4, 0.5) is 0 Å². The molecular weight excluding hydrogens is 270 g/mol. The van der Waals surface area contributed by atoms with Crippen LogP contribution < -0.4 is 0 Å². The average Bonchev–Trinajstić information content (AvgIpc) is 3.17. The fourth-order valence-electron chi connectivity index (χ4n) is 3.16. The van der Waals surface area contributed by atoms with Crippen LogP contribution in [0, 0.1) is 0 Å². The van der Waals surface area contributed by atoms with E-state index in [2.05, 4.69) is 22.3 Å². The summed E-state index contributed by atoms with van der Waals surface area (Å²) in [5.74, 6) is 0.0564. The number of carbonyl (C=O) groups excluding carboxylic acids is 1. The molecule has 2 aromatic heterocycles. The van der Waals surface area contributed by atoms with Crippen LogP contribution in [-0.2, 0) is 0 Å². The van der Waals surface area contributed by atoms with Crippen LogP contribution in [0.2, 0.25) is 0 Å². The fraction of sp³-hybridized carbons (Fsp3) is 0.333. The zero-order valence-electron chi connectivity index (χ0n) is 11.0. The molecule has 0 aliphatic carbocycles. The highest BCUT2D eigenvalue weighted by molar-refractivity contribution is 7.13. The van der Waals surface area contributed by atoms with Gasteiger partial charge in [-0.25, -0.2) is 0 Å². The Labute approximate surface area is 121 Å². The summed E-state index contributed by atoms with van der Waals surface area (Å²) in [4.78, 5) is 15.8. The van der Waals surface area contributed by atoms with E-state index in [1.54, 1.807) is 11.3 Å². The molecule has 102 valence electrons. The molecule has 1 fully saturated rings. The van der Waals surface area contributed by atoms with Gasteiger partial charge in [-0.2, -0.15) is 5.10 Å². The molecule has 1 saturated heterocycles. The van der Waals surface area contributed by atoms with Gasteiger partial charge in [0.15, 0.2) is 5.69 Å². The number of carbonyl (C=O) groups is 1. The van der Waals surface area contributed by atoms with Crippen molar-refractivity contribution in [1.82, 2.24) is 15.1 Å². The van der Waals surface area contributed by atoms with E-state index in [4.69, 9.17) is 0 Å². The second-order valence-electron chi connectivity index (χ2n) is 5.32. The molecule has 2 aliphatic rings. The highest BCUT2D eigenvalue weighted by Crippen LogP contribution is 2.33. The van der Waals surface area contributed by atoms with Gasteiger partial charge in [0.2, 0.25) is 0 Å². The minimum absolute atomic E-state index is 0.0564. The standard InChI is InChI=1S/C15H15N3OS/c19-15(18-10-3-1-4-11(18)7-6-10)13-9-12(16-17-13)14-5-2-8-20-14/h1-3,5,8-11H,4,6-7H2,(H,16,17). The summed E-state index contributed by atoms with van der Waals surface area (Å²) in [6.45, 7) is 0. The molecule has 20 heavy (non-hydrogen) atoms. The van der Waals surface area contributed by atoms with Gasteiger partial charge in [-0.1, -0.05) is 18.2 Å². The number of thiophene rings is 1. The zero-order valence-corrected chi connectivity index (χ0v) is 11.8. The predicted octanol–water partition coefficient (Wildman–Crippen LogP) is 3.07. The third kappa shape index (κ3) is 1.81. The molecule has 4 heterocycles. The number of hydrogen-bond acceptors (Lipinski definition) is 3. The molecular formula is C15H15N3OS. The van der Waals surface area contributed by atoms with Crippen molar-refractivity contribution >= 4 is 17.2 Å². The number of H-pyrrole nitrogens is 1. The summed E-state index contributed by atoms with van der Waals surface area (Å²) < 4.78 is 0. The van der Waals surface area contributed by atoms with Crippen molar-refractivity contribution in [2.45, 2.75) is 31.3 Å². The van der Waals surface area contributed by atoms with Gasteiger partial charge in [-0.15, -0.1) is 11.3 Å². The topological polar surface area (TPSA) is 49.0 Å². The van der Waals surface area contributed by atoms with E-state index in [0.29, 0.717) is 11.7 Å². The normalized spacial score (nSPS) is 24.3. The maximum absolute atomic E-state index is 12.7. The predicted molar refractivity (Wildman–Crippen MR) is 78.6 cm³/mol. The maximum Gasteiger partial charge on any atom is 0.275 e. The summed E-state index contributed by atoms with van der Waals surface area (Å²) >= 11 is 1.64. The third-order valence-corrected chi connectivity index (χ3v) is 5.03. The Morgan fingerprint density at radius 1 is 1.45 bits per heavy atom. The molecule has 1 N–H and O–H groups in total. The van der Waals surface area contributed by atoms with E-state index < -0.39 is 0 Å². The van der Waals surface area contributed by atoms with E-state index in [0.717, 1.165) is 29.8 Å². The van der Waals surface area contributed by atoms with Crippen LogP contribution in [0.3, 0.4) is 0 Å². The number of amides is 1. The Hall–Kier alpha value is -1.88. The van der Waals surface area contributed by atoms with Gasteiger partial charge in [-0.3, -0.25) is 9.89 Å². The van der Waals surface area contributed by atoms with Gasteiger partial charge in [0.05, 0.1) is 16.6 Å². The Balaban J connectivity index is 1.62. The summed E-state index contributed by atoms with van der Waals surface area (Å²) in [5.41, 5.74) is 1.45. The SMILES string of the molecule is O=C(c1cc(-c2cccs2)[nH]n1)N1C2C=CCC1CC2. The average molecular weight is 285 g/mol. The Kier molecular flexibility index (Phi) is 2.73. The van der Waals surface area contributed by atoms with Crippen molar-refractivity contribution in [3.8, 4) is 10.6 Å². The first kappa shape index (κ1) is 11.9. The zero-order chi connectivity index (χ0) is 13.5. The van der Waals surface area contributed by atoms with Crippen LogP contribution in [0.1, 0.15) is 29.8 Å². The van der Waals surface area contributed by atoms with E-state index >= 15 is 0 Å². The first-order valence-electron chi connectivity index (χ1n) is 6.91. The van der Waals surface area contributed by atoms with E-state index in [1.807, 2.05) is 28.5 Å². The molecule has 2 aromatic rings. The highest BCUT2D eigenvalue weighted by atomic mass is 32.1. The number of fused-ring (bicyclic) bond motifs is 2. The number of nitrogens with one attached hydrogen (secondary N) is 1. The Bertz CT molecular complexity index is 658. The van der Waals surface area contributed by atoms with Gasteiger partial charge in [0.25, 0.3) is 5.91 Å². The summed E-state index contributed by atoms with van der Waals surface area (Å²) in [6, 6.07) is 6.52. The van der Waals surface area contributed by atoms with Gasteiger partial charge >= 0.3 is 0 Å². The van der Waals surface area contributed by atoms with Gasteiger partial charge in [0.1, 0.15) is 0 Å². The van der Waals surface area contributed by atoms with Crippen molar-refractivity contribution in [3.05, 3.63) is 41.4 Å². The number of aromatic nitrogens is 2. The maximum atomic E-state index is 12.7. The molecule has 4 rings (SSSR count). The molecule has 2 atom stereocenters. The summed E-state index contributed by atoms with van der Waals surface area (Å²) in [7, 11) is 0. The lowest BCUT2D eigenvalue weighted by Gasteiger charge is -2.30. The molecule has 4 nitrogen and oxygen atoms in total. The molecule has 0 saturated carbocycles. The molecule has 2 unspecified atom stereocenters. The molecule has 5 heteroatoms. The van der Waals surface area contributed by atoms with Gasteiger partial charge in [-0.05, 0) is 36.8 Å². The highest BCUT2D eigenvalue weighted by Gasteiger charge is 2.38. The molecule has 2 bridgehead atoms. The van der Waals surface area contributed by atoms with E-state index in [9.17, 15) is 4.79 Å². The smallest absolute Gasteiger partial charge is 0.275 e. The minimum Gasteiger partial charge on any atom is -0.328 e. The first-order valence-corrected chi connectivity index (χ1v) is 7.79. The summed E-state index contributed by atoms with van der Waals surface area (Å²) in [6.07, 6.45) is 7.52. The van der Waals surface area contributed by atoms with Crippen molar-refractivity contribution in [2.24, 2.45) is 0 Å². The van der Waals surface area contributed by atoms with Crippen LogP contribution in [-0.4, -0.2) is 33.1 Å². The van der Waals surface area contributed by atoms with Crippen LogP contribution in [0.25, 0.3) is 10.6 Å². The minimum atomic E-state index is 0.0564. The molecule has 1 amide bonds. The Morgan fingerprint density at radius 2 is 2.40 bits per heavy atom. The van der Waals surface area contributed by atoms with Gasteiger partial charge in [0, 0.05) is 6.04 Å². The monoisotopic (exact) mass is 285 g/mol. The quantitative estimate of drug-likeness (QED) is 0.862. The van der Waals surface area contributed by atoms with Crippen molar-refractivity contribution in [3.63, 3.8) is 0 Å². The molecule has 0 spiro atoms. The van der Waals surface area contributed by atoms with E-state index in [-0.39, 0.29) is 11.9 Å². The lowest BCUT2D eigenvalue weighted by molar-refractivity contribution is 0.0683. The van der Waals surface area contributed by atoms with E-state index in [1.165, 1.54) is 0 Å². The number of rotatable bonds is 2. The molecule has 2 aliphatic heterocycles. The van der Waals surface area contributed by atoms with Crippen molar-refractivity contribution in [1.29, 1.82) is 0 Å². The first-order chi connectivity index (χ1) is 9.83. The van der Waals surface area contributed by atoms with Crippen LogP contribution in [0.15, 0.2) is 35.7 Å². The van der Waals surface area contributed by atoms with Crippen molar-refractivity contribution < 1.29 is 4.79 Å². The molecule has 0 aromatic carbocycles. The van der Waals surface area contributed by atoms with Crippen molar-refractivity contribution in [2.75, 3.05) is 0 Å². The second kappa shape index (κ2) is 4.59. The lowest BCUT2D eigenvalue weighted by Crippen LogP contribution is -2.42. The third-order valence-electron chi connectivity index (χ3n) is 4.13. The fourth-order valence-corrected chi connectivity index (χ4v) is 3.86. The summed E-state index contributed by atoms with van der Waals surface area (Å²) in [5, 5.41) is 9.20. The number of aromatic amines is 1.